The summed E-state index contributed by atoms with van der Waals surface area (Å²) in [6.45, 7) is 2.12. The van der Waals surface area contributed by atoms with E-state index in [1.807, 2.05) is 6.92 Å². The van der Waals surface area contributed by atoms with Crippen molar-refractivity contribution in [2.75, 3.05) is 0 Å². The molecule has 0 saturated heterocycles. The predicted molar refractivity (Wildman–Crippen MR) is 75.8 cm³/mol. The van der Waals surface area contributed by atoms with Crippen LogP contribution in [-0.2, 0) is 19.6 Å². The topological polar surface area (TPSA) is 68.4 Å². The normalized spacial score (nSPS) is 10.7. The van der Waals surface area contributed by atoms with Crippen LogP contribution in [-0.4, -0.2) is 15.2 Å². The van der Waals surface area contributed by atoms with Gasteiger partial charge in [0.05, 0.1) is 15.6 Å². The van der Waals surface area contributed by atoms with E-state index in [1.165, 1.54) is 0 Å². The monoisotopic (exact) mass is 390 g/mol. The molecule has 2 aromatic rings. The molecule has 0 amide bonds. The first-order chi connectivity index (χ1) is 9.13. The third kappa shape index (κ3) is 3.55. The number of ether oxygens (including phenoxy) is 1. The Balaban J connectivity index is 2.11. The lowest BCUT2D eigenvalue weighted by Crippen LogP contribution is -1.98. The standard InChI is InChI=1S/C12H12Br2N2O3/c1-2-10-15-11(19-16-10)6-18-12-8(13)3-7(5-17)4-9(12)14/h3-4,17H,2,5-6H2,1H3. The second kappa shape index (κ2) is 6.49. The summed E-state index contributed by atoms with van der Waals surface area (Å²) in [5, 5.41) is 12.9. The first-order valence-electron chi connectivity index (χ1n) is 5.67. The lowest BCUT2D eigenvalue weighted by molar-refractivity contribution is 0.239. The van der Waals surface area contributed by atoms with Crippen molar-refractivity contribution in [1.29, 1.82) is 0 Å². The van der Waals surface area contributed by atoms with Gasteiger partial charge >= 0.3 is 0 Å². The number of benzene rings is 1. The van der Waals surface area contributed by atoms with Crippen LogP contribution in [0.3, 0.4) is 0 Å². The molecule has 0 spiro atoms. The van der Waals surface area contributed by atoms with Crippen LogP contribution in [0, 0.1) is 0 Å². The summed E-state index contributed by atoms with van der Waals surface area (Å²) < 4.78 is 12.2. The molecule has 0 bridgehead atoms. The van der Waals surface area contributed by atoms with Crippen LogP contribution in [0.4, 0.5) is 0 Å². The molecule has 1 aromatic heterocycles. The van der Waals surface area contributed by atoms with E-state index in [9.17, 15) is 0 Å². The fourth-order valence-corrected chi connectivity index (χ4v) is 2.98. The maximum atomic E-state index is 9.10. The zero-order valence-electron chi connectivity index (χ0n) is 10.2. The minimum Gasteiger partial charge on any atom is -0.481 e. The molecular weight excluding hydrogens is 380 g/mol. The molecule has 1 aromatic carbocycles. The number of aryl methyl sites for hydroxylation is 1. The van der Waals surface area contributed by atoms with E-state index in [2.05, 4.69) is 42.0 Å². The van der Waals surface area contributed by atoms with E-state index in [1.54, 1.807) is 12.1 Å². The maximum absolute atomic E-state index is 9.10. The highest BCUT2D eigenvalue weighted by atomic mass is 79.9. The highest BCUT2D eigenvalue weighted by Gasteiger charge is 2.11. The van der Waals surface area contributed by atoms with Gasteiger partial charge in [-0.05, 0) is 49.6 Å². The first-order valence-corrected chi connectivity index (χ1v) is 7.25. The maximum Gasteiger partial charge on any atom is 0.264 e. The number of halogens is 2. The largest absolute Gasteiger partial charge is 0.481 e. The Hall–Kier alpha value is -0.920. The Labute approximate surface area is 127 Å². The zero-order valence-corrected chi connectivity index (χ0v) is 13.4. The van der Waals surface area contributed by atoms with Gasteiger partial charge in [0.25, 0.3) is 5.89 Å². The van der Waals surface area contributed by atoms with Crippen molar-refractivity contribution in [3.63, 3.8) is 0 Å². The summed E-state index contributed by atoms with van der Waals surface area (Å²) in [5.74, 6) is 1.72. The van der Waals surface area contributed by atoms with Crippen molar-refractivity contribution in [3.05, 3.63) is 38.4 Å². The van der Waals surface area contributed by atoms with Gasteiger partial charge in [-0.2, -0.15) is 4.98 Å². The third-order valence-electron chi connectivity index (χ3n) is 2.41. The summed E-state index contributed by atoms with van der Waals surface area (Å²) in [5.41, 5.74) is 0.789. The smallest absolute Gasteiger partial charge is 0.264 e. The van der Waals surface area contributed by atoms with Gasteiger partial charge in [0.15, 0.2) is 12.4 Å². The van der Waals surface area contributed by atoms with Crippen molar-refractivity contribution in [2.45, 2.75) is 26.6 Å². The van der Waals surface area contributed by atoms with Gasteiger partial charge in [-0.15, -0.1) is 0 Å². The van der Waals surface area contributed by atoms with Crippen LogP contribution in [0.25, 0.3) is 0 Å². The highest BCUT2D eigenvalue weighted by Crippen LogP contribution is 2.35. The van der Waals surface area contributed by atoms with Crippen molar-refractivity contribution in [2.24, 2.45) is 0 Å². The van der Waals surface area contributed by atoms with Crippen LogP contribution in [0.5, 0.6) is 5.75 Å². The van der Waals surface area contributed by atoms with Crippen molar-refractivity contribution < 1.29 is 14.4 Å². The molecule has 1 N–H and O–H groups in total. The van der Waals surface area contributed by atoms with Crippen molar-refractivity contribution in [3.8, 4) is 5.75 Å². The molecule has 0 fully saturated rings. The van der Waals surface area contributed by atoms with E-state index in [4.69, 9.17) is 14.4 Å². The second-order valence-corrected chi connectivity index (χ2v) is 5.50. The first kappa shape index (κ1) is 14.5. The molecule has 102 valence electrons. The fourth-order valence-electron chi connectivity index (χ4n) is 1.47. The molecule has 0 unspecified atom stereocenters. The lowest BCUT2D eigenvalue weighted by Gasteiger charge is -2.09. The number of nitrogens with zero attached hydrogens (tertiary/aromatic N) is 2. The average Bonchev–Trinajstić information content (AvgIpc) is 2.85. The fraction of sp³-hybridized carbons (Fsp3) is 0.333. The minimum atomic E-state index is -0.0268. The molecular formula is C12H12Br2N2O3. The van der Waals surface area contributed by atoms with Gasteiger partial charge in [-0.3, -0.25) is 0 Å². The molecule has 0 aliphatic rings. The Morgan fingerprint density at radius 3 is 2.53 bits per heavy atom. The van der Waals surface area contributed by atoms with Crippen molar-refractivity contribution >= 4 is 31.9 Å². The molecule has 5 nitrogen and oxygen atoms in total. The van der Waals surface area contributed by atoms with E-state index in [0.717, 1.165) is 20.9 Å². The minimum absolute atomic E-state index is 0.0268. The van der Waals surface area contributed by atoms with E-state index in [0.29, 0.717) is 17.5 Å². The molecule has 7 heteroatoms. The molecule has 0 aliphatic heterocycles. The number of rotatable bonds is 5. The Kier molecular flexibility index (Phi) is 4.95. The summed E-state index contributed by atoms with van der Waals surface area (Å²) in [6, 6.07) is 3.59. The van der Waals surface area contributed by atoms with Gasteiger partial charge in [-0.1, -0.05) is 12.1 Å². The number of aliphatic hydroxyl groups excluding tert-OH is 1. The van der Waals surface area contributed by atoms with Gasteiger partial charge < -0.3 is 14.4 Å². The van der Waals surface area contributed by atoms with Gasteiger partial charge in [-0.25, -0.2) is 0 Å². The van der Waals surface area contributed by atoms with Crippen LogP contribution in [0.15, 0.2) is 25.6 Å². The van der Waals surface area contributed by atoms with E-state index < -0.39 is 0 Å². The molecule has 0 radical (unpaired) electrons. The van der Waals surface area contributed by atoms with Crippen molar-refractivity contribution in [1.82, 2.24) is 10.1 Å². The Bertz CT molecular complexity index is 549. The van der Waals surface area contributed by atoms with Crippen LogP contribution < -0.4 is 4.74 Å². The highest BCUT2D eigenvalue weighted by molar-refractivity contribution is 9.11. The summed E-state index contributed by atoms with van der Waals surface area (Å²) in [6.07, 6.45) is 0.724. The lowest BCUT2D eigenvalue weighted by atomic mass is 10.2. The summed E-state index contributed by atoms with van der Waals surface area (Å²) in [4.78, 5) is 4.16. The van der Waals surface area contributed by atoms with Crippen LogP contribution in [0.1, 0.15) is 24.2 Å². The molecule has 19 heavy (non-hydrogen) atoms. The Morgan fingerprint density at radius 1 is 1.32 bits per heavy atom. The summed E-state index contributed by atoms with van der Waals surface area (Å²) in [7, 11) is 0. The van der Waals surface area contributed by atoms with Gasteiger partial charge in [0, 0.05) is 6.42 Å². The predicted octanol–water partition coefficient (Wildman–Crippen LogP) is 3.23. The van der Waals surface area contributed by atoms with E-state index >= 15 is 0 Å². The number of hydrogen-bond donors (Lipinski definition) is 1. The number of hydrogen-bond acceptors (Lipinski definition) is 5. The van der Waals surface area contributed by atoms with E-state index in [-0.39, 0.29) is 13.2 Å². The molecule has 2 rings (SSSR count). The number of aromatic nitrogens is 2. The third-order valence-corrected chi connectivity index (χ3v) is 3.59. The summed E-state index contributed by atoms with van der Waals surface area (Å²) >= 11 is 6.80. The SMILES string of the molecule is CCc1noc(COc2c(Br)cc(CO)cc2Br)n1. The molecule has 0 aliphatic carbocycles. The number of aliphatic hydroxyl groups is 1. The van der Waals surface area contributed by atoms with Crippen LogP contribution >= 0.6 is 31.9 Å². The molecule has 0 saturated carbocycles. The average molecular weight is 392 g/mol. The molecule has 1 heterocycles. The Morgan fingerprint density at radius 2 is 2.00 bits per heavy atom. The second-order valence-electron chi connectivity index (χ2n) is 3.79. The quantitative estimate of drug-likeness (QED) is 0.847. The zero-order chi connectivity index (χ0) is 13.8. The van der Waals surface area contributed by atoms with Gasteiger partial charge in [0.2, 0.25) is 0 Å². The molecule has 0 atom stereocenters. The van der Waals surface area contributed by atoms with Crippen LogP contribution in [0.2, 0.25) is 0 Å². The van der Waals surface area contributed by atoms with Gasteiger partial charge in [0.1, 0.15) is 5.75 Å².